The van der Waals surface area contributed by atoms with Crippen LogP contribution in [0.25, 0.3) is 0 Å². The first kappa shape index (κ1) is 19.4. The van der Waals surface area contributed by atoms with E-state index in [1.807, 2.05) is 6.92 Å². The van der Waals surface area contributed by atoms with E-state index in [-0.39, 0.29) is 18.2 Å². The van der Waals surface area contributed by atoms with Crippen molar-refractivity contribution in [2.75, 3.05) is 6.61 Å². The van der Waals surface area contributed by atoms with Crippen molar-refractivity contribution in [3.63, 3.8) is 0 Å². The third-order valence-corrected chi connectivity index (χ3v) is 5.21. The molecule has 0 atom stereocenters. The summed E-state index contributed by atoms with van der Waals surface area (Å²) in [6.07, 6.45) is 6.82. The minimum atomic E-state index is -0.395. The lowest BCUT2D eigenvalue weighted by molar-refractivity contribution is 0.0941. The van der Waals surface area contributed by atoms with Crippen LogP contribution in [0.15, 0.2) is 24.3 Å². The zero-order valence-corrected chi connectivity index (χ0v) is 16.1. The molecule has 5 nitrogen and oxygen atoms in total. The Kier molecular flexibility index (Phi) is 6.48. The van der Waals surface area contributed by atoms with Crippen LogP contribution in [-0.4, -0.2) is 22.3 Å². The molecule has 0 saturated heterocycles. The number of aromatic nitrogens is 2. The molecular weight excluding hydrogens is 345 g/mol. The van der Waals surface area contributed by atoms with Crippen molar-refractivity contribution in [3.05, 3.63) is 47.0 Å². The van der Waals surface area contributed by atoms with E-state index < -0.39 is 5.82 Å². The summed E-state index contributed by atoms with van der Waals surface area (Å²) in [7, 11) is 1.73. The van der Waals surface area contributed by atoms with Gasteiger partial charge in [-0.1, -0.05) is 38.3 Å². The van der Waals surface area contributed by atoms with Crippen LogP contribution in [0.3, 0.4) is 0 Å². The van der Waals surface area contributed by atoms with Crippen LogP contribution >= 0.6 is 0 Å². The molecule has 1 N–H and O–H groups in total. The lowest BCUT2D eigenvalue weighted by Gasteiger charge is -2.22. The molecule has 1 amide bonds. The molecule has 6 heteroatoms. The van der Waals surface area contributed by atoms with Gasteiger partial charge in [0.2, 0.25) is 0 Å². The first-order valence-electron chi connectivity index (χ1n) is 9.79. The molecule has 27 heavy (non-hydrogen) atoms. The number of halogens is 1. The van der Waals surface area contributed by atoms with Crippen LogP contribution in [0.2, 0.25) is 0 Å². The highest BCUT2D eigenvalue weighted by atomic mass is 19.1. The number of aryl methyl sites for hydroxylation is 2. The summed E-state index contributed by atoms with van der Waals surface area (Å²) < 4.78 is 22.0. The molecule has 0 bridgehead atoms. The quantitative estimate of drug-likeness (QED) is 0.798. The predicted molar refractivity (Wildman–Crippen MR) is 102 cm³/mol. The van der Waals surface area contributed by atoms with Gasteiger partial charge in [-0.05, 0) is 37.3 Å². The number of nitrogens with one attached hydrogen (secondary N) is 1. The van der Waals surface area contributed by atoms with Gasteiger partial charge in [0.15, 0.2) is 11.6 Å². The average molecular weight is 373 g/mol. The zero-order chi connectivity index (χ0) is 19.2. The van der Waals surface area contributed by atoms with E-state index >= 15 is 0 Å². The van der Waals surface area contributed by atoms with Crippen molar-refractivity contribution in [2.45, 2.75) is 52.0 Å². The van der Waals surface area contributed by atoms with Crippen LogP contribution in [0.1, 0.15) is 60.8 Å². The van der Waals surface area contributed by atoms with E-state index in [0.717, 1.165) is 25.0 Å². The summed E-state index contributed by atoms with van der Waals surface area (Å²) in [5.74, 6) is 0.116. The number of rotatable bonds is 7. The van der Waals surface area contributed by atoms with Gasteiger partial charge in [-0.15, -0.1) is 0 Å². The monoisotopic (exact) mass is 373 g/mol. The molecular formula is C21H28FN3O2. The van der Waals surface area contributed by atoms with Crippen molar-refractivity contribution < 1.29 is 13.9 Å². The number of carbonyl (C=O) groups is 1. The van der Waals surface area contributed by atoms with E-state index in [9.17, 15) is 9.18 Å². The minimum Gasteiger partial charge on any atom is -0.490 e. The third kappa shape index (κ3) is 4.87. The van der Waals surface area contributed by atoms with Gasteiger partial charge in [-0.2, -0.15) is 5.10 Å². The van der Waals surface area contributed by atoms with E-state index in [1.54, 1.807) is 36.0 Å². The van der Waals surface area contributed by atoms with Crippen LogP contribution in [0, 0.1) is 11.7 Å². The number of amides is 1. The SMILES string of the molecule is CCc1cc(C(=O)NCc2cccc(OCC3CCCCC3)c2F)n(C)n1. The molecule has 0 unspecified atom stereocenters. The molecule has 2 aromatic rings. The van der Waals surface area contributed by atoms with Crippen molar-refractivity contribution in [1.82, 2.24) is 15.1 Å². The Labute approximate surface area is 159 Å². The van der Waals surface area contributed by atoms with Gasteiger partial charge in [-0.25, -0.2) is 4.39 Å². The molecule has 0 aliphatic heterocycles. The summed E-state index contributed by atoms with van der Waals surface area (Å²) in [6.45, 7) is 2.65. The Bertz CT molecular complexity index is 782. The van der Waals surface area contributed by atoms with E-state index in [0.29, 0.717) is 23.8 Å². The summed E-state index contributed by atoms with van der Waals surface area (Å²) in [5.41, 5.74) is 1.74. The molecule has 1 saturated carbocycles. The van der Waals surface area contributed by atoms with Crippen LogP contribution < -0.4 is 10.1 Å². The maximum atomic E-state index is 14.7. The fourth-order valence-corrected chi connectivity index (χ4v) is 3.54. The first-order chi connectivity index (χ1) is 13.1. The molecule has 0 spiro atoms. The molecule has 1 aromatic carbocycles. The Morgan fingerprint density at radius 3 is 2.81 bits per heavy atom. The second-order valence-corrected chi connectivity index (χ2v) is 7.23. The van der Waals surface area contributed by atoms with Gasteiger partial charge in [0.25, 0.3) is 5.91 Å². The number of benzene rings is 1. The maximum Gasteiger partial charge on any atom is 0.269 e. The number of carbonyl (C=O) groups excluding carboxylic acids is 1. The van der Waals surface area contributed by atoms with Crippen LogP contribution in [0.4, 0.5) is 4.39 Å². The van der Waals surface area contributed by atoms with Gasteiger partial charge >= 0.3 is 0 Å². The van der Waals surface area contributed by atoms with Crippen LogP contribution in [-0.2, 0) is 20.0 Å². The van der Waals surface area contributed by atoms with Crippen molar-refractivity contribution in [3.8, 4) is 5.75 Å². The van der Waals surface area contributed by atoms with Gasteiger partial charge < -0.3 is 10.1 Å². The van der Waals surface area contributed by atoms with Gasteiger partial charge in [0.1, 0.15) is 5.69 Å². The highest BCUT2D eigenvalue weighted by Gasteiger charge is 2.17. The largest absolute Gasteiger partial charge is 0.490 e. The molecule has 1 aromatic heterocycles. The van der Waals surface area contributed by atoms with Gasteiger partial charge in [-0.3, -0.25) is 9.48 Å². The Hall–Kier alpha value is -2.37. The fourth-order valence-electron chi connectivity index (χ4n) is 3.54. The Balaban J connectivity index is 1.59. The first-order valence-corrected chi connectivity index (χ1v) is 9.79. The topological polar surface area (TPSA) is 56.1 Å². The summed E-state index contributed by atoms with van der Waals surface area (Å²) in [4.78, 5) is 12.4. The van der Waals surface area contributed by atoms with Crippen molar-refractivity contribution in [2.24, 2.45) is 13.0 Å². The average Bonchev–Trinajstić information content (AvgIpc) is 3.08. The number of hydrogen-bond donors (Lipinski definition) is 1. The second-order valence-electron chi connectivity index (χ2n) is 7.23. The molecule has 146 valence electrons. The Morgan fingerprint density at radius 2 is 2.11 bits per heavy atom. The van der Waals surface area contributed by atoms with Gasteiger partial charge in [0.05, 0.1) is 12.3 Å². The standard InChI is InChI=1S/C21H28FN3O2/c1-3-17-12-18(25(2)24-17)21(26)23-13-16-10-7-11-19(20(16)22)27-14-15-8-5-4-6-9-15/h7,10-12,15H,3-6,8-9,13-14H2,1-2H3,(H,23,26). The number of ether oxygens (including phenoxy) is 1. The Morgan fingerprint density at radius 1 is 1.33 bits per heavy atom. The minimum absolute atomic E-state index is 0.109. The number of nitrogens with zero attached hydrogens (tertiary/aromatic N) is 2. The normalized spacial score (nSPS) is 14.9. The third-order valence-electron chi connectivity index (χ3n) is 5.21. The summed E-state index contributed by atoms with van der Waals surface area (Å²) >= 11 is 0. The van der Waals surface area contributed by atoms with Crippen molar-refractivity contribution in [1.29, 1.82) is 0 Å². The van der Waals surface area contributed by atoms with Crippen LogP contribution in [0.5, 0.6) is 5.75 Å². The molecule has 1 aliphatic carbocycles. The summed E-state index contributed by atoms with van der Waals surface area (Å²) in [6, 6.07) is 6.84. The fraction of sp³-hybridized carbons (Fsp3) is 0.524. The van der Waals surface area contributed by atoms with E-state index in [2.05, 4.69) is 10.4 Å². The zero-order valence-electron chi connectivity index (χ0n) is 16.1. The molecule has 3 rings (SSSR count). The van der Waals surface area contributed by atoms with E-state index in [1.165, 1.54) is 19.3 Å². The summed E-state index contributed by atoms with van der Waals surface area (Å²) in [5, 5.41) is 7.04. The lowest BCUT2D eigenvalue weighted by atomic mass is 9.90. The molecule has 1 aliphatic rings. The van der Waals surface area contributed by atoms with E-state index in [4.69, 9.17) is 4.74 Å². The van der Waals surface area contributed by atoms with Gasteiger partial charge in [0, 0.05) is 19.2 Å². The highest BCUT2D eigenvalue weighted by Crippen LogP contribution is 2.26. The second kappa shape index (κ2) is 9.02. The highest BCUT2D eigenvalue weighted by molar-refractivity contribution is 5.92. The predicted octanol–water partition coefficient (Wildman–Crippen LogP) is 4.01. The maximum absolute atomic E-state index is 14.7. The molecule has 1 fully saturated rings. The molecule has 1 heterocycles. The smallest absolute Gasteiger partial charge is 0.269 e. The lowest BCUT2D eigenvalue weighted by Crippen LogP contribution is -2.25. The van der Waals surface area contributed by atoms with Crippen molar-refractivity contribution >= 4 is 5.91 Å². The number of hydrogen-bond acceptors (Lipinski definition) is 3. The molecule has 0 radical (unpaired) electrons.